The molecule has 1 heterocycles. The number of halogens is 1. The summed E-state index contributed by atoms with van der Waals surface area (Å²) in [5.41, 5.74) is 2.55. The van der Waals surface area contributed by atoms with Crippen molar-refractivity contribution in [1.29, 1.82) is 0 Å². The molecule has 1 atom stereocenters. The van der Waals surface area contributed by atoms with E-state index >= 15 is 0 Å². The number of para-hydroxylation sites is 1. The molecular weight excluding hydrogens is 437 g/mol. The number of fused-ring (bicyclic) bond motifs is 1. The van der Waals surface area contributed by atoms with Gasteiger partial charge in [0.1, 0.15) is 0 Å². The molecule has 1 aromatic carbocycles. The van der Waals surface area contributed by atoms with Crippen molar-refractivity contribution in [2.75, 3.05) is 26.7 Å². The molecule has 0 spiro atoms. The Labute approximate surface area is 174 Å². The molecule has 0 saturated heterocycles. The Bertz CT molecular complexity index is 707. The van der Waals surface area contributed by atoms with Gasteiger partial charge in [-0.3, -0.25) is 9.89 Å². The fourth-order valence-corrected chi connectivity index (χ4v) is 3.19. The molecule has 0 radical (unpaired) electrons. The van der Waals surface area contributed by atoms with E-state index < -0.39 is 0 Å². The van der Waals surface area contributed by atoms with Gasteiger partial charge < -0.3 is 15.6 Å². The third-order valence-corrected chi connectivity index (χ3v) is 5.04. The summed E-state index contributed by atoms with van der Waals surface area (Å²) in [6, 6.07) is 9.72. The van der Waals surface area contributed by atoms with Crippen LogP contribution in [0.5, 0.6) is 0 Å². The van der Waals surface area contributed by atoms with Gasteiger partial charge in [0.15, 0.2) is 5.96 Å². The summed E-state index contributed by atoms with van der Waals surface area (Å²) >= 11 is 0. The molecule has 5 nitrogen and oxygen atoms in total. The van der Waals surface area contributed by atoms with E-state index in [1.54, 1.807) is 0 Å². The topological polar surface area (TPSA) is 55.5 Å². The van der Waals surface area contributed by atoms with Crippen LogP contribution >= 0.6 is 24.0 Å². The van der Waals surface area contributed by atoms with E-state index in [-0.39, 0.29) is 24.0 Å². The smallest absolute Gasteiger partial charge is 0.191 e. The van der Waals surface area contributed by atoms with Crippen LogP contribution in [0, 0.1) is 0 Å². The predicted octanol–water partition coefficient (Wildman–Crippen LogP) is 3.37. The van der Waals surface area contributed by atoms with E-state index in [0.29, 0.717) is 6.04 Å². The van der Waals surface area contributed by atoms with Crippen molar-refractivity contribution < 1.29 is 0 Å². The second-order valence-electron chi connectivity index (χ2n) is 7.00. The van der Waals surface area contributed by atoms with E-state index in [2.05, 4.69) is 71.9 Å². The van der Waals surface area contributed by atoms with Gasteiger partial charge in [-0.25, -0.2) is 0 Å². The number of aliphatic imine (C=N–C) groups is 1. The minimum Gasteiger partial charge on any atom is -0.361 e. The minimum absolute atomic E-state index is 0. The van der Waals surface area contributed by atoms with Crippen molar-refractivity contribution in [2.24, 2.45) is 4.99 Å². The Morgan fingerprint density at radius 2 is 2.08 bits per heavy atom. The molecule has 0 aliphatic heterocycles. The molecule has 1 fully saturated rings. The number of nitrogens with zero attached hydrogens (tertiary/aromatic N) is 2. The number of hydrogen-bond acceptors (Lipinski definition) is 2. The van der Waals surface area contributed by atoms with Crippen LogP contribution < -0.4 is 10.6 Å². The van der Waals surface area contributed by atoms with Gasteiger partial charge >= 0.3 is 0 Å². The third-order valence-electron chi connectivity index (χ3n) is 5.04. The summed E-state index contributed by atoms with van der Waals surface area (Å²) in [5.74, 6) is 0.915. The number of H-pyrrole nitrogens is 1. The number of hydrogen-bond donors (Lipinski definition) is 3. The Morgan fingerprint density at radius 1 is 1.31 bits per heavy atom. The minimum atomic E-state index is 0. The standard InChI is InChI=1S/C20H31N5.HI/c1-4-21-20(24-13-15(2)25(3)17-9-10-17)22-12-11-16-14-23-19-8-6-5-7-18(16)19;/h5-8,14-15,17,23H,4,9-13H2,1-3H3,(H2,21,22,24);1H. The van der Waals surface area contributed by atoms with Crippen LogP contribution in [0.15, 0.2) is 35.5 Å². The zero-order valence-electron chi connectivity index (χ0n) is 16.1. The maximum absolute atomic E-state index is 4.77. The highest BCUT2D eigenvalue weighted by molar-refractivity contribution is 14.0. The van der Waals surface area contributed by atoms with E-state index in [1.165, 1.54) is 29.3 Å². The lowest BCUT2D eigenvalue weighted by atomic mass is 10.1. The molecule has 26 heavy (non-hydrogen) atoms. The van der Waals surface area contributed by atoms with E-state index in [4.69, 9.17) is 4.99 Å². The number of guanidine groups is 1. The molecule has 1 unspecified atom stereocenters. The number of nitrogens with one attached hydrogen (secondary N) is 3. The van der Waals surface area contributed by atoms with Crippen molar-refractivity contribution in [1.82, 2.24) is 20.5 Å². The maximum Gasteiger partial charge on any atom is 0.191 e. The number of aromatic nitrogens is 1. The second-order valence-corrected chi connectivity index (χ2v) is 7.00. The first-order chi connectivity index (χ1) is 12.2. The van der Waals surface area contributed by atoms with Crippen LogP contribution in [0.4, 0.5) is 0 Å². The number of benzene rings is 1. The Balaban J connectivity index is 0.00000243. The summed E-state index contributed by atoms with van der Waals surface area (Å²) in [4.78, 5) is 10.6. The number of likely N-dealkylation sites (N-methyl/N-ethyl adjacent to an activating group) is 1. The highest BCUT2D eigenvalue weighted by atomic mass is 127. The Morgan fingerprint density at radius 3 is 2.81 bits per heavy atom. The van der Waals surface area contributed by atoms with Crippen molar-refractivity contribution in [2.45, 2.75) is 45.2 Å². The monoisotopic (exact) mass is 469 g/mol. The second kappa shape index (κ2) is 10.2. The van der Waals surface area contributed by atoms with Gasteiger partial charge in [0.05, 0.1) is 6.54 Å². The number of rotatable bonds is 8. The summed E-state index contributed by atoms with van der Waals surface area (Å²) in [5, 5.41) is 8.13. The summed E-state index contributed by atoms with van der Waals surface area (Å²) in [6.45, 7) is 6.95. The van der Waals surface area contributed by atoms with Crippen LogP contribution in [0.2, 0.25) is 0 Å². The zero-order chi connectivity index (χ0) is 17.6. The van der Waals surface area contributed by atoms with Crippen LogP contribution in [-0.4, -0.2) is 54.6 Å². The highest BCUT2D eigenvalue weighted by Crippen LogP contribution is 2.26. The van der Waals surface area contributed by atoms with Crippen LogP contribution in [-0.2, 0) is 6.42 Å². The lowest BCUT2D eigenvalue weighted by molar-refractivity contribution is 0.253. The lowest BCUT2D eigenvalue weighted by Crippen LogP contribution is -2.40. The summed E-state index contributed by atoms with van der Waals surface area (Å²) in [7, 11) is 2.22. The van der Waals surface area contributed by atoms with Gasteiger partial charge in [-0.2, -0.15) is 0 Å². The third kappa shape index (κ3) is 5.61. The molecular formula is C20H32IN5. The van der Waals surface area contributed by atoms with Gasteiger partial charge in [0.2, 0.25) is 0 Å². The van der Waals surface area contributed by atoms with Gasteiger partial charge in [0, 0.05) is 42.3 Å². The summed E-state index contributed by atoms with van der Waals surface area (Å²) in [6.07, 6.45) is 5.77. The molecule has 1 aromatic heterocycles. The average Bonchev–Trinajstić information content (AvgIpc) is 3.40. The van der Waals surface area contributed by atoms with Crippen LogP contribution in [0.1, 0.15) is 32.3 Å². The molecule has 144 valence electrons. The van der Waals surface area contributed by atoms with E-state index in [1.807, 2.05) is 0 Å². The van der Waals surface area contributed by atoms with Gasteiger partial charge in [-0.1, -0.05) is 18.2 Å². The average molecular weight is 469 g/mol. The molecule has 2 aromatic rings. The molecule has 1 aliphatic carbocycles. The highest BCUT2D eigenvalue weighted by Gasteiger charge is 2.28. The molecule has 0 bridgehead atoms. The molecule has 6 heteroatoms. The normalized spacial score (nSPS) is 15.8. The first kappa shape index (κ1) is 21.0. The van der Waals surface area contributed by atoms with Crippen LogP contribution in [0.3, 0.4) is 0 Å². The first-order valence-corrected chi connectivity index (χ1v) is 9.48. The molecule has 1 saturated carbocycles. The number of aromatic amines is 1. The lowest BCUT2D eigenvalue weighted by Gasteiger charge is -2.23. The fourth-order valence-electron chi connectivity index (χ4n) is 3.19. The maximum atomic E-state index is 4.77. The van der Waals surface area contributed by atoms with Crippen LogP contribution in [0.25, 0.3) is 10.9 Å². The van der Waals surface area contributed by atoms with Crippen molar-refractivity contribution in [3.05, 3.63) is 36.0 Å². The molecule has 1 aliphatic rings. The SMILES string of the molecule is CCNC(=NCC(C)N(C)C1CC1)NCCc1c[nH]c2ccccc12.I. The first-order valence-electron chi connectivity index (χ1n) is 9.48. The van der Waals surface area contributed by atoms with Gasteiger partial charge in [0.25, 0.3) is 0 Å². The Kier molecular flexibility index (Phi) is 8.21. The molecule has 0 amide bonds. The fraction of sp³-hybridized carbons (Fsp3) is 0.550. The summed E-state index contributed by atoms with van der Waals surface area (Å²) < 4.78 is 0. The van der Waals surface area contributed by atoms with Crippen molar-refractivity contribution in [3.63, 3.8) is 0 Å². The molecule has 3 rings (SSSR count). The van der Waals surface area contributed by atoms with Crippen molar-refractivity contribution >= 4 is 40.8 Å². The van der Waals surface area contributed by atoms with Gasteiger partial charge in [-0.15, -0.1) is 24.0 Å². The predicted molar refractivity (Wildman–Crippen MR) is 122 cm³/mol. The quantitative estimate of drug-likeness (QED) is 0.316. The van der Waals surface area contributed by atoms with Crippen molar-refractivity contribution in [3.8, 4) is 0 Å². The zero-order valence-corrected chi connectivity index (χ0v) is 18.4. The largest absolute Gasteiger partial charge is 0.361 e. The van der Waals surface area contributed by atoms with Gasteiger partial charge in [-0.05, 0) is 51.8 Å². The van der Waals surface area contributed by atoms with E-state index in [9.17, 15) is 0 Å². The van der Waals surface area contributed by atoms with E-state index in [0.717, 1.165) is 38.1 Å². The molecule has 3 N–H and O–H groups in total. The Hall–Kier alpha value is -1.28.